The molecule has 8 nitrogen and oxygen atoms in total. The van der Waals surface area contributed by atoms with Gasteiger partial charge in [0.1, 0.15) is 23.6 Å². The van der Waals surface area contributed by atoms with Crippen LogP contribution in [0.25, 0.3) is 22.0 Å². The SMILES string of the molecule is COc1c(-c2cc(C#N)c3c(c2)OCO3)c(F)cc2c(=O)c(C(=O)O)cn([C@@H]3C[C@@H]3F)c12. The van der Waals surface area contributed by atoms with Crippen molar-refractivity contribution in [2.45, 2.75) is 18.6 Å². The molecule has 1 N–H and O–H groups in total. The Kier molecular flexibility index (Phi) is 4.30. The third-order valence-electron chi connectivity index (χ3n) is 5.58. The normalized spacial score (nSPS) is 18.4. The molecule has 1 saturated carbocycles. The number of carboxylic acids is 1. The number of methoxy groups -OCH3 is 1. The summed E-state index contributed by atoms with van der Waals surface area (Å²) in [4.78, 5) is 24.3. The molecular weight excluding hydrogens is 426 g/mol. The van der Waals surface area contributed by atoms with E-state index in [4.69, 9.17) is 14.2 Å². The molecule has 2 heterocycles. The van der Waals surface area contributed by atoms with Crippen LogP contribution in [0.2, 0.25) is 0 Å². The van der Waals surface area contributed by atoms with E-state index in [1.165, 1.54) is 23.8 Å². The summed E-state index contributed by atoms with van der Waals surface area (Å²) in [6, 6.07) is 5.03. The Morgan fingerprint density at radius 2 is 2.09 bits per heavy atom. The third kappa shape index (κ3) is 2.78. The standard InChI is InChI=1S/C22H14F2N2O6/c1-30-21-17(9-2-10(6-25)20-16(3-9)31-8-32-20)14(24)4-11-18(21)26(15-5-13(15)23)7-12(19(11)27)22(28)29/h2-4,7,13,15H,5,8H2,1H3,(H,28,29)/t13-,15+/m0/s1. The molecule has 0 spiro atoms. The Morgan fingerprint density at radius 1 is 1.34 bits per heavy atom. The number of fused-ring (bicyclic) bond motifs is 2. The number of nitrogens with zero attached hydrogens (tertiary/aromatic N) is 2. The van der Waals surface area contributed by atoms with Crippen LogP contribution in [0.5, 0.6) is 17.2 Å². The van der Waals surface area contributed by atoms with Gasteiger partial charge in [0.05, 0.1) is 35.2 Å². The van der Waals surface area contributed by atoms with E-state index < -0.39 is 35.0 Å². The summed E-state index contributed by atoms with van der Waals surface area (Å²) in [6.45, 7) is -0.0954. The molecule has 162 valence electrons. The monoisotopic (exact) mass is 440 g/mol. The number of aromatic nitrogens is 1. The molecule has 10 heteroatoms. The highest BCUT2D eigenvalue weighted by molar-refractivity contribution is 5.98. The number of hydrogen-bond donors (Lipinski definition) is 1. The fourth-order valence-corrected chi connectivity index (χ4v) is 4.01. The summed E-state index contributed by atoms with van der Waals surface area (Å²) in [7, 11) is 1.26. The number of nitriles is 1. The molecule has 3 aromatic rings. The summed E-state index contributed by atoms with van der Waals surface area (Å²) >= 11 is 0. The van der Waals surface area contributed by atoms with Crippen molar-refractivity contribution in [2.24, 2.45) is 0 Å². The zero-order chi connectivity index (χ0) is 22.7. The van der Waals surface area contributed by atoms with Gasteiger partial charge in [0, 0.05) is 12.6 Å². The molecule has 1 fully saturated rings. The fourth-order valence-electron chi connectivity index (χ4n) is 4.01. The molecule has 0 bridgehead atoms. The molecule has 5 rings (SSSR count). The van der Waals surface area contributed by atoms with E-state index in [2.05, 4.69) is 0 Å². The van der Waals surface area contributed by atoms with Gasteiger partial charge in [0.15, 0.2) is 17.2 Å². The van der Waals surface area contributed by atoms with E-state index >= 15 is 4.39 Å². The first-order valence-corrected chi connectivity index (χ1v) is 9.52. The number of hydrogen-bond acceptors (Lipinski definition) is 6. The highest BCUT2D eigenvalue weighted by atomic mass is 19.1. The number of carboxylic acid groups (broad SMARTS) is 1. The summed E-state index contributed by atoms with van der Waals surface area (Å²) in [5.74, 6) is -1.99. The van der Waals surface area contributed by atoms with Gasteiger partial charge in [-0.2, -0.15) is 5.26 Å². The number of aromatic carboxylic acids is 1. The molecular formula is C22H14F2N2O6. The van der Waals surface area contributed by atoms with E-state index in [1.807, 2.05) is 6.07 Å². The Hall–Kier alpha value is -4.13. The maximum atomic E-state index is 15.4. The molecule has 2 atom stereocenters. The highest BCUT2D eigenvalue weighted by Gasteiger charge is 2.41. The average molecular weight is 440 g/mol. The van der Waals surface area contributed by atoms with Crippen LogP contribution in [0, 0.1) is 17.1 Å². The van der Waals surface area contributed by atoms with Gasteiger partial charge in [-0.15, -0.1) is 0 Å². The lowest BCUT2D eigenvalue weighted by Crippen LogP contribution is -2.20. The highest BCUT2D eigenvalue weighted by Crippen LogP contribution is 2.47. The Labute approximate surface area is 178 Å². The largest absolute Gasteiger partial charge is 0.494 e. The second kappa shape index (κ2) is 6.95. The molecule has 0 saturated heterocycles. The van der Waals surface area contributed by atoms with Crippen LogP contribution in [-0.2, 0) is 0 Å². The van der Waals surface area contributed by atoms with Gasteiger partial charge in [-0.25, -0.2) is 13.6 Å². The van der Waals surface area contributed by atoms with Gasteiger partial charge in [-0.3, -0.25) is 4.79 Å². The predicted molar refractivity (Wildman–Crippen MR) is 107 cm³/mol. The van der Waals surface area contributed by atoms with Crippen LogP contribution in [-0.4, -0.2) is 35.7 Å². The molecule has 1 aromatic heterocycles. The number of ether oxygens (including phenoxy) is 3. The van der Waals surface area contributed by atoms with Gasteiger partial charge >= 0.3 is 5.97 Å². The zero-order valence-corrected chi connectivity index (χ0v) is 16.5. The van der Waals surface area contributed by atoms with Crippen LogP contribution in [0.1, 0.15) is 28.4 Å². The van der Waals surface area contributed by atoms with Crippen LogP contribution < -0.4 is 19.6 Å². The minimum Gasteiger partial charge on any atom is -0.494 e. The molecule has 2 aromatic carbocycles. The van der Waals surface area contributed by atoms with Crippen molar-refractivity contribution in [1.29, 1.82) is 5.26 Å². The maximum Gasteiger partial charge on any atom is 0.341 e. The van der Waals surface area contributed by atoms with Gasteiger partial charge < -0.3 is 23.9 Å². The third-order valence-corrected chi connectivity index (χ3v) is 5.58. The second-order valence-corrected chi connectivity index (χ2v) is 7.44. The second-order valence-electron chi connectivity index (χ2n) is 7.44. The van der Waals surface area contributed by atoms with Gasteiger partial charge in [0.2, 0.25) is 12.2 Å². The molecule has 0 radical (unpaired) electrons. The summed E-state index contributed by atoms with van der Waals surface area (Å²) < 4.78 is 46.8. The smallest absolute Gasteiger partial charge is 0.341 e. The van der Waals surface area contributed by atoms with E-state index in [0.29, 0.717) is 0 Å². The van der Waals surface area contributed by atoms with Gasteiger partial charge in [-0.1, -0.05) is 0 Å². The van der Waals surface area contributed by atoms with Crippen LogP contribution in [0.4, 0.5) is 8.78 Å². The maximum absolute atomic E-state index is 15.4. The first kappa shape index (κ1) is 19.8. The average Bonchev–Trinajstić information content (AvgIpc) is 3.29. The lowest BCUT2D eigenvalue weighted by atomic mass is 9.97. The molecule has 0 unspecified atom stereocenters. The number of rotatable bonds is 4. The lowest BCUT2D eigenvalue weighted by Gasteiger charge is -2.18. The molecule has 32 heavy (non-hydrogen) atoms. The van der Waals surface area contributed by atoms with Gasteiger partial charge in [-0.05, 0) is 23.8 Å². The number of halogens is 2. The van der Waals surface area contributed by atoms with Crippen molar-refractivity contribution in [3.05, 3.63) is 51.6 Å². The number of alkyl halides is 1. The molecule has 0 amide bonds. The van der Waals surface area contributed by atoms with Crippen LogP contribution >= 0.6 is 0 Å². The van der Waals surface area contributed by atoms with E-state index in [1.54, 1.807) is 0 Å². The topological polar surface area (TPSA) is 111 Å². The summed E-state index contributed by atoms with van der Waals surface area (Å²) in [6.07, 6.45) is -0.0617. The minimum atomic E-state index is -1.50. The molecule has 1 aliphatic heterocycles. The number of carbonyl (C=O) groups is 1. The van der Waals surface area contributed by atoms with Crippen LogP contribution in [0.15, 0.2) is 29.2 Å². The minimum absolute atomic E-state index is 0.0697. The van der Waals surface area contributed by atoms with E-state index in [0.717, 1.165) is 12.3 Å². The summed E-state index contributed by atoms with van der Waals surface area (Å²) in [5.41, 5.74) is -1.19. The van der Waals surface area contributed by atoms with E-state index in [9.17, 15) is 24.3 Å². The van der Waals surface area contributed by atoms with E-state index in [-0.39, 0.29) is 58.1 Å². The first-order chi connectivity index (χ1) is 15.3. The Morgan fingerprint density at radius 3 is 2.72 bits per heavy atom. The zero-order valence-electron chi connectivity index (χ0n) is 16.5. The van der Waals surface area contributed by atoms with Crippen molar-refractivity contribution in [1.82, 2.24) is 4.57 Å². The van der Waals surface area contributed by atoms with Crippen molar-refractivity contribution < 1.29 is 32.9 Å². The van der Waals surface area contributed by atoms with Crippen molar-refractivity contribution in [3.8, 4) is 34.4 Å². The predicted octanol–water partition coefficient (Wildman–Crippen LogP) is 3.40. The van der Waals surface area contributed by atoms with Crippen molar-refractivity contribution >= 4 is 16.9 Å². The lowest BCUT2D eigenvalue weighted by molar-refractivity contribution is 0.0694. The number of benzene rings is 2. The van der Waals surface area contributed by atoms with Gasteiger partial charge in [0.25, 0.3) is 0 Å². The first-order valence-electron chi connectivity index (χ1n) is 9.52. The van der Waals surface area contributed by atoms with Crippen molar-refractivity contribution in [2.75, 3.05) is 13.9 Å². The van der Waals surface area contributed by atoms with Crippen molar-refractivity contribution in [3.63, 3.8) is 0 Å². The fraction of sp³-hybridized carbons (Fsp3) is 0.227. The van der Waals surface area contributed by atoms with Crippen LogP contribution in [0.3, 0.4) is 0 Å². The Bertz CT molecular complexity index is 1430. The molecule has 2 aliphatic rings. The Balaban J connectivity index is 1.88. The summed E-state index contributed by atoms with van der Waals surface area (Å²) in [5, 5.41) is 18.6. The molecule has 1 aliphatic carbocycles. The number of pyridine rings is 1. The quantitative estimate of drug-likeness (QED) is 0.662.